The van der Waals surface area contributed by atoms with E-state index in [4.69, 9.17) is 4.74 Å². The fourth-order valence-corrected chi connectivity index (χ4v) is 2.90. The lowest BCUT2D eigenvalue weighted by molar-refractivity contribution is -0.0412. The number of rotatable bonds is 5. The Kier molecular flexibility index (Phi) is 5.37. The Morgan fingerprint density at radius 1 is 1.42 bits per heavy atom. The van der Waals surface area contributed by atoms with Gasteiger partial charge in [-0.3, -0.25) is 9.69 Å². The van der Waals surface area contributed by atoms with Crippen molar-refractivity contribution in [2.24, 2.45) is 0 Å². The van der Waals surface area contributed by atoms with Crippen molar-refractivity contribution in [3.8, 4) is 0 Å². The van der Waals surface area contributed by atoms with Crippen LogP contribution in [-0.4, -0.2) is 59.2 Å². The van der Waals surface area contributed by atoms with Crippen LogP contribution in [-0.2, 0) is 4.74 Å². The minimum absolute atomic E-state index is 0.168. The summed E-state index contributed by atoms with van der Waals surface area (Å²) in [5.41, 5.74) is 0.989. The lowest BCUT2D eigenvalue weighted by atomic mass is 10.1. The Bertz CT molecular complexity index is 704. The first kappa shape index (κ1) is 16.8. The van der Waals surface area contributed by atoms with Crippen LogP contribution >= 0.6 is 0 Å². The molecule has 24 heavy (non-hydrogen) atoms. The van der Waals surface area contributed by atoms with E-state index < -0.39 is 0 Å². The van der Waals surface area contributed by atoms with Crippen molar-refractivity contribution in [2.45, 2.75) is 32.4 Å². The average molecular weight is 328 g/mol. The van der Waals surface area contributed by atoms with E-state index in [9.17, 15) is 4.79 Å². The van der Waals surface area contributed by atoms with Crippen molar-refractivity contribution in [3.05, 3.63) is 36.2 Å². The Hall–Kier alpha value is -2.05. The molecule has 0 bridgehead atoms. The zero-order valence-corrected chi connectivity index (χ0v) is 14.2. The maximum Gasteiger partial charge on any atom is 0.269 e. The highest BCUT2D eigenvalue weighted by Gasteiger charge is 2.22. The number of hydrogen-bond donors (Lipinski definition) is 1. The lowest BCUT2D eigenvalue weighted by Gasteiger charge is -2.35. The largest absolute Gasteiger partial charge is 0.375 e. The summed E-state index contributed by atoms with van der Waals surface area (Å²) in [5, 5.41) is 3.86. The topological polar surface area (TPSA) is 67.3 Å². The van der Waals surface area contributed by atoms with Gasteiger partial charge in [-0.25, -0.2) is 9.97 Å². The summed E-state index contributed by atoms with van der Waals surface area (Å²) >= 11 is 0. The normalized spacial score (nSPS) is 18.9. The maximum absolute atomic E-state index is 12.2. The highest BCUT2D eigenvalue weighted by molar-refractivity contribution is 5.94. The van der Waals surface area contributed by atoms with Crippen molar-refractivity contribution >= 4 is 16.9 Å². The standard InChI is InChI=1S/C18H24N4O2/c1-13(2)22-10-11-24-15(12-22)7-9-20-18(23)16-6-5-14-4-3-8-19-17(14)21-16/h3-6,8,13,15H,7,9-12H2,1-2H3,(H,20,23). The number of fused-ring (bicyclic) bond motifs is 1. The van der Waals surface area contributed by atoms with E-state index in [1.165, 1.54) is 0 Å². The minimum Gasteiger partial charge on any atom is -0.375 e. The van der Waals surface area contributed by atoms with Crippen molar-refractivity contribution < 1.29 is 9.53 Å². The van der Waals surface area contributed by atoms with Gasteiger partial charge in [-0.15, -0.1) is 0 Å². The smallest absolute Gasteiger partial charge is 0.269 e. The number of aromatic nitrogens is 2. The van der Waals surface area contributed by atoms with Gasteiger partial charge in [-0.1, -0.05) is 0 Å². The molecule has 0 spiro atoms. The molecule has 1 unspecified atom stereocenters. The third-order valence-corrected chi connectivity index (χ3v) is 4.35. The van der Waals surface area contributed by atoms with Gasteiger partial charge in [0.1, 0.15) is 5.69 Å². The Morgan fingerprint density at radius 2 is 2.29 bits per heavy atom. The van der Waals surface area contributed by atoms with E-state index in [-0.39, 0.29) is 12.0 Å². The van der Waals surface area contributed by atoms with E-state index in [0.717, 1.165) is 31.5 Å². The molecule has 1 aliphatic rings. The van der Waals surface area contributed by atoms with Crippen LogP contribution in [0.4, 0.5) is 0 Å². The zero-order chi connectivity index (χ0) is 16.9. The third-order valence-electron chi connectivity index (χ3n) is 4.35. The van der Waals surface area contributed by atoms with Crippen molar-refractivity contribution in [1.82, 2.24) is 20.2 Å². The van der Waals surface area contributed by atoms with E-state index in [1.54, 1.807) is 12.3 Å². The summed E-state index contributed by atoms with van der Waals surface area (Å²) in [6.07, 6.45) is 2.66. The predicted octanol–water partition coefficient (Wildman–Crippen LogP) is 1.86. The number of carbonyl (C=O) groups is 1. The van der Waals surface area contributed by atoms with Crippen molar-refractivity contribution in [3.63, 3.8) is 0 Å². The second kappa shape index (κ2) is 7.68. The molecule has 1 atom stereocenters. The van der Waals surface area contributed by atoms with Gasteiger partial charge in [-0.2, -0.15) is 0 Å². The molecular weight excluding hydrogens is 304 g/mol. The van der Waals surface area contributed by atoms with Crippen LogP contribution in [0.5, 0.6) is 0 Å². The number of hydrogen-bond acceptors (Lipinski definition) is 5. The number of nitrogens with one attached hydrogen (secondary N) is 1. The second-order valence-corrected chi connectivity index (χ2v) is 6.37. The van der Waals surface area contributed by atoms with E-state index in [1.807, 2.05) is 18.2 Å². The van der Waals surface area contributed by atoms with Crippen LogP contribution in [0.2, 0.25) is 0 Å². The fraction of sp³-hybridized carbons (Fsp3) is 0.500. The summed E-state index contributed by atoms with van der Waals surface area (Å²) in [4.78, 5) is 23.2. The second-order valence-electron chi connectivity index (χ2n) is 6.37. The van der Waals surface area contributed by atoms with Crippen LogP contribution in [0.25, 0.3) is 11.0 Å². The first-order valence-corrected chi connectivity index (χ1v) is 8.49. The fourth-order valence-electron chi connectivity index (χ4n) is 2.90. The molecule has 128 valence electrons. The zero-order valence-electron chi connectivity index (χ0n) is 14.2. The van der Waals surface area contributed by atoms with Crippen molar-refractivity contribution in [1.29, 1.82) is 0 Å². The molecule has 1 aliphatic heterocycles. The highest BCUT2D eigenvalue weighted by Crippen LogP contribution is 2.12. The molecule has 0 radical (unpaired) electrons. The van der Waals surface area contributed by atoms with Gasteiger partial charge in [0, 0.05) is 37.3 Å². The van der Waals surface area contributed by atoms with Gasteiger partial charge >= 0.3 is 0 Å². The van der Waals surface area contributed by atoms with Gasteiger partial charge in [0.15, 0.2) is 5.65 Å². The van der Waals surface area contributed by atoms with Crippen molar-refractivity contribution in [2.75, 3.05) is 26.2 Å². The van der Waals surface area contributed by atoms with Crippen LogP contribution in [0.3, 0.4) is 0 Å². The molecule has 0 saturated carbocycles. The SMILES string of the molecule is CC(C)N1CCOC(CCNC(=O)c2ccc3cccnc3n2)C1. The summed E-state index contributed by atoms with van der Waals surface area (Å²) in [6, 6.07) is 7.92. The molecule has 3 rings (SSSR count). The average Bonchev–Trinajstić information content (AvgIpc) is 2.61. The van der Waals surface area contributed by atoms with Gasteiger partial charge in [-0.05, 0) is 44.5 Å². The number of ether oxygens (including phenoxy) is 1. The third kappa shape index (κ3) is 4.07. The molecule has 1 amide bonds. The molecule has 2 aromatic rings. The number of nitrogens with zero attached hydrogens (tertiary/aromatic N) is 3. The molecule has 0 aliphatic carbocycles. The first-order valence-electron chi connectivity index (χ1n) is 8.49. The number of carbonyl (C=O) groups excluding carboxylic acids is 1. The summed E-state index contributed by atoms with van der Waals surface area (Å²) in [5.74, 6) is -0.168. The van der Waals surface area contributed by atoms with E-state index in [2.05, 4.69) is 34.0 Å². The summed E-state index contributed by atoms with van der Waals surface area (Å²) < 4.78 is 5.78. The van der Waals surface area contributed by atoms with E-state index >= 15 is 0 Å². The molecule has 2 aromatic heterocycles. The lowest BCUT2D eigenvalue weighted by Crippen LogP contribution is -2.46. The van der Waals surface area contributed by atoms with Crippen LogP contribution in [0, 0.1) is 0 Å². The van der Waals surface area contributed by atoms with Crippen LogP contribution < -0.4 is 5.32 Å². The first-order chi connectivity index (χ1) is 11.6. The molecule has 1 N–H and O–H groups in total. The quantitative estimate of drug-likeness (QED) is 0.907. The minimum atomic E-state index is -0.168. The summed E-state index contributed by atoms with van der Waals surface area (Å²) in [6.45, 7) is 7.64. The van der Waals surface area contributed by atoms with Gasteiger partial charge < -0.3 is 10.1 Å². The van der Waals surface area contributed by atoms with E-state index in [0.29, 0.717) is 23.9 Å². The molecule has 6 heteroatoms. The highest BCUT2D eigenvalue weighted by atomic mass is 16.5. The maximum atomic E-state index is 12.2. The monoisotopic (exact) mass is 328 g/mol. The summed E-state index contributed by atoms with van der Waals surface area (Å²) in [7, 11) is 0. The molecule has 1 fully saturated rings. The van der Waals surface area contributed by atoms with Crippen LogP contribution in [0.15, 0.2) is 30.5 Å². The molecule has 3 heterocycles. The van der Waals surface area contributed by atoms with Gasteiger partial charge in [0.25, 0.3) is 5.91 Å². The number of amides is 1. The van der Waals surface area contributed by atoms with Gasteiger partial charge in [0.05, 0.1) is 12.7 Å². The predicted molar refractivity (Wildman–Crippen MR) is 92.9 cm³/mol. The molecule has 1 saturated heterocycles. The number of pyridine rings is 2. The van der Waals surface area contributed by atoms with Gasteiger partial charge in [0.2, 0.25) is 0 Å². The molecule has 0 aromatic carbocycles. The Morgan fingerprint density at radius 3 is 3.12 bits per heavy atom. The Labute approximate surface area is 142 Å². The number of morpholine rings is 1. The van der Waals surface area contributed by atoms with Crippen LogP contribution in [0.1, 0.15) is 30.8 Å². The molecule has 6 nitrogen and oxygen atoms in total. The Balaban J connectivity index is 1.51. The molecular formula is C18H24N4O2.